The quantitative estimate of drug-likeness (QED) is 0.601. The van der Waals surface area contributed by atoms with E-state index < -0.39 is 0 Å². The van der Waals surface area contributed by atoms with Crippen LogP contribution in [0.2, 0.25) is 5.02 Å². The van der Waals surface area contributed by atoms with Crippen LogP contribution in [0.3, 0.4) is 0 Å². The van der Waals surface area contributed by atoms with E-state index in [0.717, 1.165) is 10.9 Å². The lowest BCUT2D eigenvalue weighted by Crippen LogP contribution is -2.03. The molecule has 20 heavy (non-hydrogen) atoms. The van der Waals surface area contributed by atoms with E-state index in [1.54, 1.807) is 0 Å². The first kappa shape index (κ1) is 15.1. The molecule has 0 heterocycles. The van der Waals surface area contributed by atoms with Crippen molar-refractivity contribution in [3.8, 4) is 0 Å². The van der Waals surface area contributed by atoms with Crippen LogP contribution in [0.5, 0.6) is 0 Å². The van der Waals surface area contributed by atoms with E-state index >= 15 is 0 Å². The minimum absolute atomic E-state index is 0.602. The van der Waals surface area contributed by atoms with E-state index in [2.05, 4.69) is 56.3 Å². The summed E-state index contributed by atoms with van der Waals surface area (Å²) in [5.41, 5.74) is 2.83. The molecule has 0 N–H and O–H groups in total. The summed E-state index contributed by atoms with van der Waals surface area (Å²) in [7, 11) is 0. The molecular formula is C19H23Cl. The Balaban J connectivity index is 1.81. The molecule has 0 aromatic heterocycles. The van der Waals surface area contributed by atoms with E-state index in [-0.39, 0.29) is 0 Å². The summed E-state index contributed by atoms with van der Waals surface area (Å²) < 4.78 is 0. The Hall–Kier alpha value is -1.27. The lowest BCUT2D eigenvalue weighted by atomic mass is 9.90. The van der Waals surface area contributed by atoms with E-state index in [9.17, 15) is 0 Å². The van der Waals surface area contributed by atoms with Crippen molar-refractivity contribution in [2.75, 3.05) is 0 Å². The fourth-order valence-corrected chi connectivity index (χ4v) is 2.74. The Morgan fingerprint density at radius 3 is 2.15 bits per heavy atom. The summed E-state index contributed by atoms with van der Waals surface area (Å²) in [5, 5.41) is 0.818. The molecule has 106 valence electrons. The van der Waals surface area contributed by atoms with E-state index in [1.165, 1.54) is 30.4 Å². The number of benzene rings is 2. The van der Waals surface area contributed by atoms with Gasteiger partial charge in [0, 0.05) is 5.02 Å². The SMILES string of the molecule is CC(CCC(C)c1ccc(Cl)cc1)Cc1ccccc1. The summed E-state index contributed by atoms with van der Waals surface area (Å²) >= 11 is 5.93. The highest BCUT2D eigenvalue weighted by atomic mass is 35.5. The van der Waals surface area contributed by atoms with Gasteiger partial charge in [0.05, 0.1) is 0 Å². The van der Waals surface area contributed by atoms with Gasteiger partial charge in [-0.05, 0) is 54.4 Å². The Bertz CT molecular complexity index is 501. The van der Waals surface area contributed by atoms with Gasteiger partial charge in [0.2, 0.25) is 0 Å². The highest BCUT2D eigenvalue weighted by molar-refractivity contribution is 6.30. The van der Waals surface area contributed by atoms with E-state index in [4.69, 9.17) is 11.6 Å². The van der Waals surface area contributed by atoms with Gasteiger partial charge >= 0.3 is 0 Å². The van der Waals surface area contributed by atoms with E-state index in [0.29, 0.717) is 5.92 Å². The summed E-state index contributed by atoms with van der Waals surface area (Å²) in [5.74, 6) is 1.33. The van der Waals surface area contributed by atoms with Crippen LogP contribution in [0.15, 0.2) is 54.6 Å². The molecule has 0 aliphatic carbocycles. The molecule has 0 bridgehead atoms. The van der Waals surface area contributed by atoms with Gasteiger partial charge in [0.25, 0.3) is 0 Å². The molecule has 0 fully saturated rings. The summed E-state index contributed by atoms with van der Waals surface area (Å²) in [6.07, 6.45) is 3.67. The predicted octanol–water partition coefficient (Wildman–Crippen LogP) is 6.10. The third-order valence-corrected chi connectivity index (χ3v) is 4.21. The topological polar surface area (TPSA) is 0 Å². The monoisotopic (exact) mass is 286 g/mol. The number of halogens is 1. The van der Waals surface area contributed by atoms with Crippen LogP contribution in [0, 0.1) is 5.92 Å². The fraction of sp³-hybridized carbons (Fsp3) is 0.368. The molecule has 0 nitrogen and oxygen atoms in total. The molecule has 0 radical (unpaired) electrons. The number of hydrogen-bond acceptors (Lipinski definition) is 0. The van der Waals surface area contributed by atoms with Crippen LogP contribution in [-0.4, -0.2) is 0 Å². The van der Waals surface area contributed by atoms with Gasteiger partial charge < -0.3 is 0 Å². The van der Waals surface area contributed by atoms with Gasteiger partial charge in [-0.2, -0.15) is 0 Å². The minimum Gasteiger partial charge on any atom is -0.0843 e. The maximum atomic E-state index is 5.93. The van der Waals surface area contributed by atoms with Crippen LogP contribution in [-0.2, 0) is 6.42 Å². The first-order chi connectivity index (χ1) is 9.65. The van der Waals surface area contributed by atoms with Crippen molar-refractivity contribution in [3.63, 3.8) is 0 Å². The van der Waals surface area contributed by atoms with Crippen molar-refractivity contribution >= 4 is 11.6 Å². The lowest BCUT2D eigenvalue weighted by molar-refractivity contribution is 0.480. The Morgan fingerprint density at radius 1 is 0.850 bits per heavy atom. The second-order valence-corrected chi connectivity index (χ2v) is 6.26. The third-order valence-electron chi connectivity index (χ3n) is 3.96. The van der Waals surface area contributed by atoms with Crippen LogP contribution >= 0.6 is 11.6 Å². The van der Waals surface area contributed by atoms with Gasteiger partial charge in [-0.25, -0.2) is 0 Å². The molecule has 0 amide bonds. The largest absolute Gasteiger partial charge is 0.0843 e. The molecular weight excluding hydrogens is 264 g/mol. The van der Waals surface area contributed by atoms with Crippen LogP contribution in [0.4, 0.5) is 0 Å². The zero-order valence-corrected chi connectivity index (χ0v) is 13.1. The molecule has 2 aromatic rings. The van der Waals surface area contributed by atoms with Gasteiger partial charge in [-0.3, -0.25) is 0 Å². The zero-order chi connectivity index (χ0) is 14.4. The average molecular weight is 287 g/mol. The van der Waals surface area contributed by atoms with Crippen molar-refractivity contribution in [1.29, 1.82) is 0 Å². The number of hydrogen-bond donors (Lipinski definition) is 0. The highest BCUT2D eigenvalue weighted by Gasteiger charge is 2.09. The second-order valence-electron chi connectivity index (χ2n) is 5.82. The Morgan fingerprint density at radius 2 is 1.50 bits per heavy atom. The summed E-state index contributed by atoms with van der Waals surface area (Å²) in [4.78, 5) is 0. The molecule has 1 heteroatoms. The molecule has 0 saturated heterocycles. The van der Waals surface area contributed by atoms with Gasteiger partial charge in [-0.1, -0.05) is 67.9 Å². The highest BCUT2D eigenvalue weighted by Crippen LogP contribution is 2.25. The van der Waals surface area contributed by atoms with Crippen molar-refractivity contribution in [3.05, 3.63) is 70.7 Å². The Labute approximate surface area is 127 Å². The molecule has 2 unspecified atom stereocenters. The molecule has 2 rings (SSSR count). The Kier molecular flexibility index (Phi) is 5.67. The van der Waals surface area contributed by atoms with Crippen LogP contribution < -0.4 is 0 Å². The van der Waals surface area contributed by atoms with Crippen LogP contribution in [0.25, 0.3) is 0 Å². The molecule has 2 atom stereocenters. The summed E-state index contributed by atoms with van der Waals surface area (Å²) in [6, 6.07) is 19.0. The second kappa shape index (κ2) is 7.50. The maximum Gasteiger partial charge on any atom is 0.0406 e. The molecule has 0 aliphatic rings. The van der Waals surface area contributed by atoms with Gasteiger partial charge in [-0.15, -0.1) is 0 Å². The third kappa shape index (κ3) is 4.68. The first-order valence-electron chi connectivity index (χ1n) is 7.44. The van der Waals surface area contributed by atoms with Crippen LogP contribution in [0.1, 0.15) is 43.7 Å². The minimum atomic E-state index is 0.602. The standard InChI is InChI=1S/C19H23Cl/c1-15(14-17-6-4-3-5-7-17)8-9-16(2)18-10-12-19(20)13-11-18/h3-7,10-13,15-16H,8-9,14H2,1-2H3. The normalized spacial score (nSPS) is 13.9. The van der Waals surface area contributed by atoms with Crippen molar-refractivity contribution < 1.29 is 0 Å². The van der Waals surface area contributed by atoms with Gasteiger partial charge in [0.15, 0.2) is 0 Å². The molecule has 0 aliphatic heterocycles. The van der Waals surface area contributed by atoms with E-state index in [1.807, 2.05) is 12.1 Å². The molecule has 0 spiro atoms. The molecule has 2 aromatic carbocycles. The van der Waals surface area contributed by atoms with Gasteiger partial charge in [0.1, 0.15) is 0 Å². The predicted molar refractivity (Wildman–Crippen MR) is 88.4 cm³/mol. The average Bonchev–Trinajstić information content (AvgIpc) is 2.46. The summed E-state index contributed by atoms with van der Waals surface area (Å²) in [6.45, 7) is 4.65. The zero-order valence-electron chi connectivity index (χ0n) is 12.4. The van der Waals surface area contributed by atoms with Crippen molar-refractivity contribution in [1.82, 2.24) is 0 Å². The number of rotatable bonds is 6. The smallest absolute Gasteiger partial charge is 0.0406 e. The maximum absolute atomic E-state index is 5.93. The van der Waals surface area contributed by atoms with Crippen molar-refractivity contribution in [2.24, 2.45) is 5.92 Å². The first-order valence-corrected chi connectivity index (χ1v) is 7.82. The lowest BCUT2D eigenvalue weighted by Gasteiger charge is -2.16. The molecule has 0 saturated carbocycles. The fourth-order valence-electron chi connectivity index (χ4n) is 2.61. The van der Waals surface area contributed by atoms with Crippen molar-refractivity contribution in [2.45, 2.75) is 39.0 Å².